The van der Waals surface area contributed by atoms with Crippen LogP contribution in [0.4, 0.5) is 0 Å². The van der Waals surface area contributed by atoms with Gasteiger partial charge in [0.15, 0.2) is 0 Å². The minimum absolute atomic E-state index is 0.0233. The second-order valence-electron chi connectivity index (χ2n) is 15.0. The first-order chi connectivity index (χ1) is 19.0. The van der Waals surface area contributed by atoms with Gasteiger partial charge in [0.1, 0.15) is 6.61 Å². The summed E-state index contributed by atoms with van der Waals surface area (Å²) in [7, 11) is 1.36. The summed E-state index contributed by atoms with van der Waals surface area (Å²) < 4.78 is 21.7. The van der Waals surface area contributed by atoms with E-state index in [1.807, 2.05) is 0 Å². The standard InChI is InChI=1S/C35H60O5/c1-25(2)9-8-10-26(3)29-11-12-30-34(29,5)18-15-31-33(4)17-14-28(23-27(33)13-16-35(30,31)6)40-22-21-38-19-20-39-24-32(36)37-7/h13,25-26,28-31H,8-12,14-24H2,1-7H3/t26-,28+,29-,30-,31-,33+,34-,35+/m1/s1. The maximum atomic E-state index is 11.1. The van der Waals surface area contributed by atoms with Gasteiger partial charge in [-0.05, 0) is 97.2 Å². The first-order valence-electron chi connectivity index (χ1n) is 16.6. The van der Waals surface area contributed by atoms with Crippen molar-refractivity contribution in [2.45, 2.75) is 118 Å². The molecule has 8 atom stereocenters. The molecule has 0 aliphatic heterocycles. The third-order valence-corrected chi connectivity index (χ3v) is 12.2. The van der Waals surface area contributed by atoms with Crippen LogP contribution in [0.2, 0.25) is 0 Å². The van der Waals surface area contributed by atoms with Gasteiger partial charge in [0.25, 0.3) is 0 Å². The Balaban J connectivity index is 1.29. The highest BCUT2D eigenvalue weighted by Crippen LogP contribution is 2.72. The van der Waals surface area contributed by atoms with E-state index in [1.165, 1.54) is 64.9 Å². The van der Waals surface area contributed by atoms with E-state index in [1.54, 1.807) is 5.57 Å². The summed E-state index contributed by atoms with van der Waals surface area (Å²) in [5.41, 5.74) is 2.98. The van der Waals surface area contributed by atoms with Crippen LogP contribution < -0.4 is 0 Å². The minimum Gasteiger partial charge on any atom is -0.467 e. The number of carbonyl (C=O) groups excluding carboxylic acids is 1. The van der Waals surface area contributed by atoms with E-state index in [4.69, 9.17) is 14.2 Å². The fourth-order valence-corrected chi connectivity index (χ4v) is 10.2. The van der Waals surface area contributed by atoms with Gasteiger partial charge in [-0.3, -0.25) is 0 Å². The minimum atomic E-state index is -0.359. The van der Waals surface area contributed by atoms with Crippen LogP contribution in [0.25, 0.3) is 0 Å². The molecule has 0 saturated heterocycles. The van der Waals surface area contributed by atoms with Crippen LogP contribution in [-0.2, 0) is 23.7 Å². The zero-order valence-corrected chi connectivity index (χ0v) is 26.9. The highest BCUT2D eigenvalue weighted by molar-refractivity contribution is 5.70. The third kappa shape index (κ3) is 6.67. The van der Waals surface area contributed by atoms with Gasteiger partial charge < -0.3 is 18.9 Å². The fraction of sp³-hybridized carbons (Fsp3) is 0.914. The smallest absolute Gasteiger partial charge is 0.331 e. The Kier molecular flexibility index (Phi) is 10.9. The summed E-state index contributed by atoms with van der Waals surface area (Å²) in [4.78, 5) is 11.1. The highest BCUT2D eigenvalue weighted by atomic mass is 16.6. The first kappa shape index (κ1) is 32.0. The molecule has 4 aliphatic carbocycles. The molecule has 0 aromatic carbocycles. The van der Waals surface area contributed by atoms with E-state index in [-0.39, 0.29) is 12.6 Å². The van der Waals surface area contributed by atoms with E-state index >= 15 is 0 Å². The van der Waals surface area contributed by atoms with Crippen molar-refractivity contribution in [3.8, 4) is 0 Å². The number of carbonyl (C=O) groups is 1. The van der Waals surface area contributed by atoms with Crippen LogP contribution in [0.3, 0.4) is 0 Å². The lowest BCUT2D eigenvalue weighted by Gasteiger charge is -2.63. The monoisotopic (exact) mass is 560 g/mol. The predicted octanol–water partition coefficient (Wildman–Crippen LogP) is 8.01. The van der Waals surface area contributed by atoms with Crippen molar-refractivity contribution in [1.82, 2.24) is 0 Å². The number of esters is 1. The molecule has 3 fully saturated rings. The Morgan fingerprint density at radius 2 is 1.65 bits per heavy atom. The maximum Gasteiger partial charge on any atom is 0.331 e. The number of hydrogen-bond donors (Lipinski definition) is 0. The summed E-state index contributed by atoms with van der Waals surface area (Å²) in [6.45, 7) is 17.3. The molecular weight excluding hydrogens is 500 g/mol. The first-order valence-corrected chi connectivity index (χ1v) is 16.6. The molecule has 0 unspecified atom stereocenters. The molecule has 230 valence electrons. The molecule has 0 bridgehead atoms. The topological polar surface area (TPSA) is 54.0 Å². The van der Waals surface area contributed by atoms with Crippen LogP contribution in [0.5, 0.6) is 0 Å². The van der Waals surface area contributed by atoms with Crippen molar-refractivity contribution < 1.29 is 23.7 Å². The van der Waals surface area contributed by atoms with E-state index in [0.717, 1.165) is 42.4 Å². The molecule has 40 heavy (non-hydrogen) atoms. The molecule has 0 radical (unpaired) electrons. The predicted molar refractivity (Wildman–Crippen MR) is 161 cm³/mol. The molecule has 0 aromatic heterocycles. The van der Waals surface area contributed by atoms with E-state index < -0.39 is 0 Å². The average molecular weight is 561 g/mol. The number of rotatable bonds is 14. The fourth-order valence-electron chi connectivity index (χ4n) is 10.2. The lowest BCUT2D eigenvalue weighted by Crippen LogP contribution is -2.56. The number of allylic oxidation sites excluding steroid dienone is 1. The van der Waals surface area contributed by atoms with Gasteiger partial charge in [-0.15, -0.1) is 0 Å². The average Bonchev–Trinajstić information content (AvgIpc) is 3.28. The molecule has 4 aliphatic rings. The molecular formula is C35H60O5. The van der Waals surface area contributed by atoms with Crippen LogP contribution in [-0.4, -0.2) is 52.2 Å². The molecule has 0 heterocycles. The number of methoxy groups -OCH3 is 1. The van der Waals surface area contributed by atoms with Crippen molar-refractivity contribution in [2.24, 2.45) is 45.8 Å². The molecule has 0 aromatic rings. The molecule has 5 nitrogen and oxygen atoms in total. The summed E-state index contributed by atoms with van der Waals surface area (Å²) in [6, 6.07) is 0. The van der Waals surface area contributed by atoms with Gasteiger partial charge in [0.05, 0.1) is 39.6 Å². The second-order valence-corrected chi connectivity index (χ2v) is 15.0. The van der Waals surface area contributed by atoms with Crippen LogP contribution >= 0.6 is 0 Å². The summed E-state index contributed by atoms with van der Waals surface area (Å²) >= 11 is 0. The van der Waals surface area contributed by atoms with Gasteiger partial charge in [-0.25, -0.2) is 4.79 Å². The van der Waals surface area contributed by atoms with Crippen molar-refractivity contribution in [3.05, 3.63) is 11.6 Å². The normalized spacial score (nSPS) is 37.9. The zero-order valence-electron chi connectivity index (χ0n) is 26.9. The molecule has 5 heteroatoms. The van der Waals surface area contributed by atoms with Gasteiger partial charge in [-0.1, -0.05) is 72.5 Å². The molecule has 4 rings (SSSR count). The summed E-state index contributed by atoms with van der Waals surface area (Å²) in [5, 5.41) is 0. The van der Waals surface area contributed by atoms with E-state index in [9.17, 15) is 4.79 Å². The molecule has 0 amide bonds. The Morgan fingerprint density at radius 1 is 0.900 bits per heavy atom. The lowest BCUT2D eigenvalue weighted by atomic mass is 9.41. The zero-order chi connectivity index (χ0) is 29.0. The quantitative estimate of drug-likeness (QED) is 0.122. The van der Waals surface area contributed by atoms with Crippen molar-refractivity contribution in [2.75, 3.05) is 40.1 Å². The number of hydrogen-bond acceptors (Lipinski definition) is 5. The largest absolute Gasteiger partial charge is 0.467 e. The Labute approximate surface area is 245 Å². The summed E-state index contributed by atoms with van der Waals surface area (Å²) in [5.74, 6) is 3.92. The van der Waals surface area contributed by atoms with Crippen LogP contribution in [0, 0.1) is 45.8 Å². The van der Waals surface area contributed by atoms with Gasteiger partial charge in [0.2, 0.25) is 0 Å². The lowest BCUT2D eigenvalue weighted by molar-refractivity contribution is -0.146. The Hall–Kier alpha value is -0.910. The van der Waals surface area contributed by atoms with Gasteiger partial charge in [-0.2, -0.15) is 0 Å². The van der Waals surface area contributed by atoms with Crippen LogP contribution in [0.1, 0.15) is 112 Å². The van der Waals surface area contributed by atoms with Crippen molar-refractivity contribution >= 4 is 5.97 Å². The van der Waals surface area contributed by atoms with Crippen molar-refractivity contribution in [3.63, 3.8) is 0 Å². The van der Waals surface area contributed by atoms with Crippen LogP contribution in [0.15, 0.2) is 11.6 Å². The third-order valence-electron chi connectivity index (χ3n) is 12.2. The number of fused-ring (bicyclic) bond motifs is 5. The van der Waals surface area contributed by atoms with Gasteiger partial charge >= 0.3 is 5.97 Å². The highest BCUT2D eigenvalue weighted by Gasteiger charge is 2.63. The SMILES string of the molecule is COC(=O)COCCOCCO[C@H]1CC[C@@]2(C)C(=CC[C@@]3(C)[C@@H]4CC[C@H]([C@H](C)CCCC(C)C)[C@@]4(C)CC[C@@H]32)C1. The molecule has 0 spiro atoms. The molecule has 0 N–H and O–H groups in total. The number of ether oxygens (including phenoxy) is 4. The summed E-state index contributed by atoms with van der Waals surface area (Å²) in [6.07, 6.45) is 17.7. The maximum absolute atomic E-state index is 11.1. The van der Waals surface area contributed by atoms with E-state index in [2.05, 4.69) is 52.4 Å². The Bertz CT molecular complexity index is 868. The Morgan fingerprint density at radius 3 is 2.40 bits per heavy atom. The van der Waals surface area contributed by atoms with E-state index in [0.29, 0.717) is 48.8 Å². The molecule has 3 saturated carbocycles. The van der Waals surface area contributed by atoms with Gasteiger partial charge in [0, 0.05) is 0 Å². The second kappa shape index (κ2) is 13.6. The van der Waals surface area contributed by atoms with Crippen molar-refractivity contribution in [1.29, 1.82) is 0 Å².